The molecule has 3 aromatic rings. The van der Waals surface area contributed by atoms with E-state index in [-0.39, 0.29) is 16.0 Å². The summed E-state index contributed by atoms with van der Waals surface area (Å²) >= 11 is 12.4. The molecule has 1 aliphatic rings. The number of hydrogen-bond acceptors (Lipinski definition) is 4. The van der Waals surface area contributed by atoms with Gasteiger partial charge >= 0.3 is 0 Å². The zero-order chi connectivity index (χ0) is 20.6. The van der Waals surface area contributed by atoms with Crippen LogP contribution in [0.2, 0.25) is 10.0 Å². The minimum absolute atomic E-state index is 0.104. The number of aromatic nitrogens is 2. The molecule has 1 N–H and O–H groups in total. The van der Waals surface area contributed by atoms with Gasteiger partial charge in [-0.3, -0.25) is 5.10 Å². The molecule has 152 valence electrons. The molecule has 0 saturated carbocycles. The van der Waals surface area contributed by atoms with Gasteiger partial charge in [0, 0.05) is 18.3 Å². The number of ether oxygens (including phenoxy) is 1. The minimum atomic E-state index is -3.75. The Balaban J connectivity index is 1.61. The Labute approximate surface area is 179 Å². The summed E-state index contributed by atoms with van der Waals surface area (Å²) in [6.45, 7) is 0. The molecule has 1 atom stereocenters. The van der Waals surface area contributed by atoms with E-state index in [1.54, 1.807) is 37.5 Å². The van der Waals surface area contributed by atoms with E-state index in [0.717, 1.165) is 30.5 Å². The molecule has 1 heterocycles. The van der Waals surface area contributed by atoms with Gasteiger partial charge in [0.2, 0.25) is 10.0 Å². The van der Waals surface area contributed by atoms with E-state index in [1.165, 1.54) is 22.5 Å². The van der Waals surface area contributed by atoms with Crippen LogP contribution in [0.25, 0.3) is 0 Å². The fourth-order valence-corrected chi connectivity index (χ4v) is 5.37. The van der Waals surface area contributed by atoms with E-state index in [9.17, 15) is 8.42 Å². The third kappa shape index (κ3) is 3.88. The number of aromatic amines is 1. The van der Waals surface area contributed by atoms with Gasteiger partial charge in [-0.25, -0.2) is 8.42 Å². The van der Waals surface area contributed by atoms with Crippen LogP contribution in [0.15, 0.2) is 53.6 Å². The normalized spacial score (nSPS) is 16.6. The van der Waals surface area contributed by atoms with Crippen molar-refractivity contribution >= 4 is 33.2 Å². The Hall–Kier alpha value is -2.06. The molecule has 2 aromatic carbocycles. The molecule has 29 heavy (non-hydrogen) atoms. The second-order valence-corrected chi connectivity index (χ2v) is 9.67. The maximum atomic E-state index is 13.2. The Morgan fingerprint density at radius 1 is 1.14 bits per heavy atom. The van der Waals surface area contributed by atoms with Crippen LogP contribution in [0.3, 0.4) is 0 Å². The molecular formula is C20H19Cl2N3O3S. The Morgan fingerprint density at radius 2 is 1.90 bits per heavy atom. The minimum Gasteiger partial charge on any atom is -0.454 e. The zero-order valence-corrected chi connectivity index (χ0v) is 17.9. The number of fused-ring (bicyclic) bond motifs is 1. The molecule has 1 aromatic heterocycles. The quantitative estimate of drug-likeness (QED) is 0.577. The first-order chi connectivity index (χ1) is 13.9. The molecule has 4 rings (SSSR count). The van der Waals surface area contributed by atoms with Gasteiger partial charge < -0.3 is 4.74 Å². The SMILES string of the molecule is CN([C@@H]1CCCc2[nH]ncc21)S(=O)(=O)c1ccc(Oc2ccccc2Cl)c(Cl)c1. The van der Waals surface area contributed by atoms with Crippen molar-refractivity contribution in [2.45, 2.75) is 30.2 Å². The molecule has 0 fully saturated rings. The van der Waals surface area contributed by atoms with Gasteiger partial charge in [0.1, 0.15) is 11.5 Å². The van der Waals surface area contributed by atoms with E-state index in [4.69, 9.17) is 27.9 Å². The van der Waals surface area contributed by atoms with Crippen LogP contribution >= 0.6 is 23.2 Å². The average molecular weight is 452 g/mol. The summed E-state index contributed by atoms with van der Waals surface area (Å²) < 4.78 is 33.6. The standard InChI is InChI=1S/C20H19Cl2N3O3S/c1-25(18-7-4-6-17-14(18)12-23-24-17)29(26,27)13-9-10-20(16(22)11-13)28-19-8-3-2-5-15(19)21/h2-3,5,8-12,18H,4,6-7H2,1H3,(H,23,24)/t18-/m1/s1. The molecule has 6 nitrogen and oxygen atoms in total. The second kappa shape index (κ2) is 7.99. The van der Waals surface area contributed by atoms with Crippen LogP contribution in [0.4, 0.5) is 0 Å². The van der Waals surface area contributed by atoms with Gasteiger partial charge in [-0.15, -0.1) is 0 Å². The van der Waals surface area contributed by atoms with Crippen LogP contribution in [0.5, 0.6) is 11.5 Å². The van der Waals surface area contributed by atoms with Gasteiger partial charge in [0.15, 0.2) is 0 Å². The monoisotopic (exact) mass is 451 g/mol. The number of benzene rings is 2. The van der Waals surface area contributed by atoms with Gasteiger partial charge in [-0.05, 0) is 49.6 Å². The summed E-state index contributed by atoms with van der Waals surface area (Å²) in [5, 5.41) is 7.65. The largest absolute Gasteiger partial charge is 0.454 e. The molecule has 9 heteroatoms. The zero-order valence-electron chi connectivity index (χ0n) is 15.6. The number of sulfonamides is 1. The number of halogens is 2. The average Bonchev–Trinajstić information content (AvgIpc) is 3.19. The van der Waals surface area contributed by atoms with Crippen molar-refractivity contribution in [2.75, 3.05) is 7.05 Å². The first kappa shape index (κ1) is 20.2. The van der Waals surface area contributed by atoms with Crippen molar-refractivity contribution in [1.82, 2.24) is 14.5 Å². The first-order valence-corrected chi connectivity index (χ1v) is 11.3. The Bertz CT molecular complexity index is 1150. The molecule has 0 amide bonds. The Morgan fingerprint density at radius 3 is 2.66 bits per heavy atom. The van der Waals surface area contributed by atoms with E-state index >= 15 is 0 Å². The van der Waals surface area contributed by atoms with Gasteiger partial charge in [-0.1, -0.05) is 35.3 Å². The number of para-hydroxylation sites is 1. The number of nitrogens with zero attached hydrogens (tertiary/aromatic N) is 2. The van der Waals surface area contributed by atoms with E-state index in [2.05, 4.69) is 10.2 Å². The highest BCUT2D eigenvalue weighted by atomic mass is 35.5. The van der Waals surface area contributed by atoms with E-state index < -0.39 is 10.0 Å². The lowest BCUT2D eigenvalue weighted by Crippen LogP contribution is -2.33. The van der Waals surface area contributed by atoms with E-state index in [1.807, 2.05) is 0 Å². The van der Waals surface area contributed by atoms with Crippen molar-refractivity contribution in [1.29, 1.82) is 0 Å². The second-order valence-electron chi connectivity index (χ2n) is 6.86. The van der Waals surface area contributed by atoms with Gasteiger partial charge in [0.05, 0.1) is 27.2 Å². The lowest BCUT2D eigenvalue weighted by atomic mass is 9.93. The maximum absolute atomic E-state index is 13.2. The predicted octanol–water partition coefficient (Wildman–Crippen LogP) is 5.21. The van der Waals surface area contributed by atoms with Gasteiger partial charge in [0.25, 0.3) is 0 Å². The summed E-state index contributed by atoms with van der Waals surface area (Å²) in [7, 11) is -2.17. The fourth-order valence-electron chi connectivity index (χ4n) is 3.52. The number of rotatable bonds is 5. The highest BCUT2D eigenvalue weighted by molar-refractivity contribution is 7.89. The van der Waals surface area contributed by atoms with Crippen molar-refractivity contribution < 1.29 is 13.2 Å². The van der Waals surface area contributed by atoms with Crippen LogP contribution in [0, 0.1) is 0 Å². The highest BCUT2D eigenvalue weighted by Crippen LogP contribution is 2.38. The van der Waals surface area contributed by atoms with Crippen molar-refractivity contribution in [3.63, 3.8) is 0 Å². The topological polar surface area (TPSA) is 75.3 Å². The van der Waals surface area contributed by atoms with Crippen LogP contribution < -0.4 is 4.74 Å². The molecule has 1 aliphatic carbocycles. The number of nitrogens with one attached hydrogen (secondary N) is 1. The van der Waals surface area contributed by atoms with Gasteiger partial charge in [-0.2, -0.15) is 9.40 Å². The maximum Gasteiger partial charge on any atom is 0.243 e. The third-order valence-electron chi connectivity index (χ3n) is 5.09. The summed E-state index contributed by atoms with van der Waals surface area (Å²) in [5.74, 6) is 0.773. The molecule has 0 saturated heterocycles. The number of H-pyrrole nitrogens is 1. The summed E-state index contributed by atoms with van der Waals surface area (Å²) in [6, 6.07) is 11.2. The van der Waals surface area contributed by atoms with Crippen LogP contribution in [-0.4, -0.2) is 30.0 Å². The predicted molar refractivity (Wildman–Crippen MR) is 112 cm³/mol. The highest BCUT2D eigenvalue weighted by Gasteiger charge is 2.33. The fraction of sp³-hybridized carbons (Fsp3) is 0.250. The lowest BCUT2D eigenvalue weighted by Gasteiger charge is -2.30. The summed E-state index contributed by atoms with van der Waals surface area (Å²) in [5.41, 5.74) is 1.91. The molecular weight excluding hydrogens is 433 g/mol. The van der Waals surface area contributed by atoms with Crippen molar-refractivity contribution in [3.8, 4) is 11.5 Å². The first-order valence-electron chi connectivity index (χ1n) is 9.10. The smallest absolute Gasteiger partial charge is 0.243 e. The van der Waals surface area contributed by atoms with Crippen molar-refractivity contribution in [3.05, 3.63) is 70.0 Å². The van der Waals surface area contributed by atoms with Crippen LogP contribution in [0.1, 0.15) is 30.1 Å². The molecule has 0 spiro atoms. The molecule has 0 aliphatic heterocycles. The summed E-state index contributed by atoms with van der Waals surface area (Å²) in [6.07, 6.45) is 4.22. The molecule has 0 bridgehead atoms. The lowest BCUT2D eigenvalue weighted by molar-refractivity contribution is 0.337. The molecule has 0 radical (unpaired) electrons. The van der Waals surface area contributed by atoms with E-state index in [0.29, 0.717) is 16.5 Å². The number of aryl methyl sites for hydroxylation is 1. The number of hydrogen-bond donors (Lipinski definition) is 1. The third-order valence-corrected chi connectivity index (χ3v) is 7.56. The van der Waals surface area contributed by atoms with Crippen LogP contribution in [-0.2, 0) is 16.4 Å². The van der Waals surface area contributed by atoms with Crippen molar-refractivity contribution in [2.24, 2.45) is 0 Å². The summed E-state index contributed by atoms with van der Waals surface area (Å²) in [4.78, 5) is 0.104. The Kier molecular flexibility index (Phi) is 5.57. The molecule has 0 unspecified atom stereocenters.